The lowest BCUT2D eigenvalue weighted by Gasteiger charge is -2.05. The predicted molar refractivity (Wildman–Crippen MR) is 55.2 cm³/mol. The molecule has 0 fully saturated rings. The van der Waals surface area contributed by atoms with E-state index in [-0.39, 0.29) is 5.75 Å². The van der Waals surface area contributed by atoms with Crippen LogP contribution in [0.1, 0.15) is 17.5 Å². The van der Waals surface area contributed by atoms with Crippen molar-refractivity contribution >= 4 is 11.6 Å². The highest BCUT2D eigenvalue weighted by Crippen LogP contribution is 2.26. The molecule has 0 unspecified atom stereocenters. The Bertz CT molecular complexity index is 276. The third-order valence-electron chi connectivity index (χ3n) is 2.05. The maximum atomic E-state index is 9.46. The van der Waals surface area contributed by atoms with E-state index in [2.05, 4.69) is 0 Å². The number of phenols is 1. The number of hydrogen-bond acceptors (Lipinski definition) is 2. The Morgan fingerprint density at radius 2 is 2.15 bits per heavy atom. The van der Waals surface area contributed by atoms with Crippen molar-refractivity contribution in [1.29, 1.82) is 0 Å². The fourth-order valence-corrected chi connectivity index (χ4v) is 1.41. The first kappa shape index (κ1) is 10.4. The van der Waals surface area contributed by atoms with E-state index in [0.717, 1.165) is 24.0 Å². The van der Waals surface area contributed by atoms with Crippen LogP contribution in [-0.4, -0.2) is 11.7 Å². The van der Waals surface area contributed by atoms with Gasteiger partial charge in [0.05, 0.1) is 0 Å². The van der Waals surface area contributed by atoms with Crippen LogP contribution in [0, 0.1) is 6.92 Å². The van der Waals surface area contributed by atoms with Crippen molar-refractivity contribution in [3.8, 4) is 5.75 Å². The molecule has 0 spiro atoms. The molecule has 0 atom stereocenters. The smallest absolute Gasteiger partial charge is 0.120 e. The molecule has 0 aliphatic carbocycles. The van der Waals surface area contributed by atoms with E-state index in [0.29, 0.717) is 11.6 Å². The summed E-state index contributed by atoms with van der Waals surface area (Å²) in [7, 11) is 0. The predicted octanol–water partition coefficient (Wildman–Crippen LogP) is 2.25. The molecule has 13 heavy (non-hydrogen) atoms. The Hall–Kier alpha value is -0.730. The quantitative estimate of drug-likeness (QED) is 0.785. The van der Waals surface area contributed by atoms with Crippen LogP contribution in [-0.2, 0) is 6.42 Å². The summed E-state index contributed by atoms with van der Waals surface area (Å²) in [6, 6.07) is 3.63. The number of halogens is 1. The molecule has 1 aromatic carbocycles. The Labute approximate surface area is 83.3 Å². The number of phenolic OH excluding ortho intramolecular Hbond substituents is 1. The summed E-state index contributed by atoms with van der Waals surface area (Å²) in [6.45, 7) is 2.45. The average Bonchev–Trinajstić information content (AvgIpc) is 2.10. The highest BCUT2D eigenvalue weighted by atomic mass is 35.5. The van der Waals surface area contributed by atoms with Crippen LogP contribution in [0.3, 0.4) is 0 Å². The fourth-order valence-electron chi connectivity index (χ4n) is 1.17. The first-order chi connectivity index (χ1) is 6.15. The van der Waals surface area contributed by atoms with E-state index >= 15 is 0 Å². The summed E-state index contributed by atoms with van der Waals surface area (Å²) < 4.78 is 0. The molecular weight excluding hydrogens is 186 g/mol. The van der Waals surface area contributed by atoms with Crippen LogP contribution in [0.5, 0.6) is 5.75 Å². The van der Waals surface area contributed by atoms with Crippen LogP contribution in [0.15, 0.2) is 12.1 Å². The SMILES string of the molecule is Cc1c(O)cc(CCCN)cc1Cl. The zero-order chi connectivity index (χ0) is 9.84. The van der Waals surface area contributed by atoms with E-state index in [1.807, 2.05) is 6.07 Å². The van der Waals surface area contributed by atoms with Crippen molar-refractivity contribution in [2.45, 2.75) is 19.8 Å². The second kappa shape index (κ2) is 4.49. The molecule has 1 rings (SSSR count). The summed E-state index contributed by atoms with van der Waals surface area (Å²) in [5.74, 6) is 0.263. The van der Waals surface area contributed by atoms with Gasteiger partial charge in [-0.05, 0) is 44.0 Å². The van der Waals surface area contributed by atoms with Crippen LogP contribution in [0.25, 0.3) is 0 Å². The summed E-state index contributed by atoms with van der Waals surface area (Å²) >= 11 is 5.91. The van der Waals surface area contributed by atoms with Gasteiger partial charge in [0, 0.05) is 10.6 Å². The van der Waals surface area contributed by atoms with Gasteiger partial charge in [-0.25, -0.2) is 0 Å². The Morgan fingerprint density at radius 3 is 2.69 bits per heavy atom. The van der Waals surface area contributed by atoms with Gasteiger partial charge < -0.3 is 10.8 Å². The second-order valence-electron chi connectivity index (χ2n) is 3.11. The van der Waals surface area contributed by atoms with E-state index in [4.69, 9.17) is 17.3 Å². The van der Waals surface area contributed by atoms with Gasteiger partial charge in [0.25, 0.3) is 0 Å². The van der Waals surface area contributed by atoms with Gasteiger partial charge in [-0.1, -0.05) is 11.6 Å². The lowest BCUT2D eigenvalue weighted by Crippen LogP contribution is -2.00. The minimum absolute atomic E-state index is 0.263. The first-order valence-electron chi connectivity index (χ1n) is 4.33. The van der Waals surface area contributed by atoms with Crippen molar-refractivity contribution < 1.29 is 5.11 Å². The molecule has 0 radical (unpaired) electrons. The molecule has 0 aromatic heterocycles. The average molecular weight is 200 g/mol. The molecule has 3 N–H and O–H groups in total. The maximum absolute atomic E-state index is 9.46. The van der Waals surface area contributed by atoms with Crippen LogP contribution >= 0.6 is 11.6 Å². The van der Waals surface area contributed by atoms with Crippen molar-refractivity contribution in [1.82, 2.24) is 0 Å². The van der Waals surface area contributed by atoms with E-state index < -0.39 is 0 Å². The largest absolute Gasteiger partial charge is 0.508 e. The summed E-state index contributed by atoms with van der Waals surface area (Å²) in [4.78, 5) is 0. The third kappa shape index (κ3) is 2.61. The summed E-state index contributed by atoms with van der Waals surface area (Å²) in [5.41, 5.74) is 7.16. The number of aryl methyl sites for hydroxylation is 1. The van der Waals surface area contributed by atoms with Gasteiger partial charge in [-0.3, -0.25) is 0 Å². The van der Waals surface area contributed by atoms with Gasteiger partial charge in [0.15, 0.2) is 0 Å². The molecule has 0 aliphatic heterocycles. The monoisotopic (exact) mass is 199 g/mol. The zero-order valence-corrected chi connectivity index (χ0v) is 8.43. The van der Waals surface area contributed by atoms with Gasteiger partial charge >= 0.3 is 0 Å². The second-order valence-corrected chi connectivity index (χ2v) is 3.52. The van der Waals surface area contributed by atoms with Crippen molar-refractivity contribution in [3.63, 3.8) is 0 Å². The highest BCUT2D eigenvalue weighted by Gasteiger charge is 2.03. The van der Waals surface area contributed by atoms with Crippen molar-refractivity contribution in [3.05, 3.63) is 28.3 Å². The van der Waals surface area contributed by atoms with E-state index in [1.165, 1.54) is 0 Å². The lowest BCUT2D eigenvalue weighted by molar-refractivity contribution is 0.470. The fraction of sp³-hybridized carbons (Fsp3) is 0.400. The molecule has 0 saturated carbocycles. The number of nitrogens with two attached hydrogens (primary N) is 1. The van der Waals surface area contributed by atoms with Crippen LogP contribution < -0.4 is 5.73 Å². The minimum atomic E-state index is 0.263. The number of hydrogen-bond donors (Lipinski definition) is 2. The van der Waals surface area contributed by atoms with Crippen molar-refractivity contribution in [2.75, 3.05) is 6.54 Å². The Morgan fingerprint density at radius 1 is 1.46 bits per heavy atom. The molecule has 0 heterocycles. The summed E-state index contributed by atoms with van der Waals surface area (Å²) in [5, 5.41) is 10.1. The molecule has 72 valence electrons. The summed E-state index contributed by atoms with van der Waals surface area (Å²) in [6.07, 6.45) is 1.78. The Balaban J connectivity index is 2.86. The number of benzene rings is 1. The topological polar surface area (TPSA) is 46.2 Å². The molecule has 0 aliphatic rings. The molecule has 0 saturated heterocycles. The van der Waals surface area contributed by atoms with Crippen LogP contribution in [0.4, 0.5) is 0 Å². The lowest BCUT2D eigenvalue weighted by atomic mass is 10.1. The molecular formula is C10H14ClNO. The maximum Gasteiger partial charge on any atom is 0.120 e. The highest BCUT2D eigenvalue weighted by molar-refractivity contribution is 6.31. The molecule has 1 aromatic rings. The Kier molecular flexibility index (Phi) is 3.58. The number of rotatable bonds is 3. The van der Waals surface area contributed by atoms with E-state index in [9.17, 15) is 5.11 Å². The zero-order valence-electron chi connectivity index (χ0n) is 7.68. The standard InChI is InChI=1S/C10H14ClNO/c1-7-9(11)5-8(3-2-4-12)6-10(7)13/h5-6,13H,2-4,12H2,1H3. The van der Waals surface area contributed by atoms with Crippen molar-refractivity contribution in [2.24, 2.45) is 5.73 Å². The first-order valence-corrected chi connectivity index (χ1v) is 4.71. The van der Waals surface area contributed by atoms with Gasteiger partial charge in [-0.2, -0.15) is 0 Å². The van der Waals surface area contributed by atoms with Gasteiger partial charge in [0.2, 0.25) is 0 Å². The molecule has 2 nitrogen and oxygen atoms in total. The van der Waals surface area contributed by atoms with Crippen LogP contribution in [0.2, 0.25) is 5.02 Å². The normalized spacial score (nSPS) is 10.4. The van der Waals surface area contributed by atoms with E-state index in [1.54, 1.807) is 13.0 Å². The minimum Gasteiger partial charge on any atom is -0.508 e. The van der Waals surface area contributed by atoms with Gasteiger partial charge in [0.1, 0.15) is 5.75 Å². The third-order valence-corrected chi connectivity index (χ3v) is 2.44. The molecule has 0 bridgehead atoms. The molecule has 3 heteroatoms. The number of aromatic hydroxyl groups is 1. The molecule has 0 amide bonds. The van der Waals surface area contributed by atoms with Gasteiger partial charge in [-0.15, -0.1) is 0 Å².